The van der Waals surface area contributed by atoms with Gasteiger partial charge in [0, 0.05) is 39.8 Å². The molecule has 40 heavy (non-hydrogen) atoms. The molecule has 1 radical (unpaired) electrons. The number of nitrogens with two attached hydrogens (primary N) is 1. The Bertz CT molecular complexity index is 1380. The number of fused-ring (bicyclic) bond motifs is 1. The summed E-state index contributed by atoms with van der Waals surface area (Å²) in [6, 6.07) is 6.17. The maximum Gasteiger partial charge on any atom is 2.00 e. The van der Waals surface area contributed by atoms with Gasteiger partial charge in [-0.1, -0.05) is 19.4 Å². The number of aryl methyl sites for hydroxylation is 2. The first-order valence-electron chi connectivity index (χ1n) is 13.0. The van der Waals surface area contributed by atoms with E-state index in [2.05, 4.69) is 44.7 Å². The third-order valence-electron chi connectivity index (χ3n) is 6.16. The maximum atomic E-state index is 12.9. The van der Waals surface area contributed by atoms with Gasteiger partial charge in [0.2, 0.25) is 5.91 Å². The van der Waals surface area contributed by atoms with E-state index in [4.69, 9.17) is 20.9 Å². The van der Waals surface area contributed by atoms with Crippen molar-refractivity contribution in [1.82, 2.24) is 30.0 Å². The molecule has 3 aromatic rings. The van der Waals surface area contributed by atoms with Crippen LogP contribution in [0.4, 0.5) is 0 Å². The minimum absolute atomic E-state index is 0. The van der Waals surface area contributed by atoms with E-state index in [1.54, 1.807) is 11.7 Å². The molecule has 1 aliphatic heterocycles. The van der Waals surface area contributed by atoms with Crippen molar-refractivity contribution in [3.63, 3.8) is 0 Å². The van der Waals surface area contributed by atoms with E-state index in [0.29, 0.717) is 29.7 Å². The van der Waals surface area contributed by atoms with Crippen molar-refractivity contribution in [3.8, 4) is 17.1 Å². The molecule has 12 nitrogen and oxygen atoms in total. The van der Waals surface area contributed by atoms with Gasteiger partial charge in [-0.15, -0.1) is 7.05 Å². The second-order valence-corrected chi connectivity index (χ2v) is 9.06. The number of carbonyl (C=O) groups is 1. The van der Waals surface area contributed by atoms with Crippen molar-refractivity contribution in [1.29, 1.82) is 0 Å². The van der Waals surface area contributed by atoms with E-state index < -0.39 is 5.91 Å². The van der Waals surface area contributed by atoms with E-state index in [0.717, 1.165) is 62.6 Å². The number of rotatable bonds is 10. The molecular formula is C27H37N9O3V. The van der Waals surface area contributed by atoms with Crippen LogP contribution in [0.2, 0.25) is 0 Å². The van der Waals surface area contributed by atoms with Gasteiger partial charge < -0.3 is 31.5 Å². The van der Waals surface area contributed by atoms with Gasteiger partial charge in [0.15, 0.2) is 5.52 Å². The van der Waals surface area contributed by atoms with Gasteiger partial charge in [-0.3, -0.25) is 19.2 Å². The van der Waals surface area contributed by atoms with Gasteiger partial charge in [0.1, 0.15) is 17.1 Å². The number of hydrogen-bond donors (Lipinski definition) is 3. The maximum absolute atomic E-state index is 12.9. The minimum Gasteiger partial charge on any atom is -0.810 e. The van der Waals surface area contributed by atoms with Crippen LogP contribution in [0.15, 0.2) is 34.8 Å². The number of piperazine rings is 1. The van der Waals surface area contributed by atoms with Gasteiger partial charge in [0.05, 0.1) is 17.9 Å². The van der Waals surface area contributed by atoms with Crippen molar-refractivity contribution in [2.24, 2.45) is 12.8 Å². The second-order valence-electron chi connectivity index (χ2n) is 9.06. The first-order chi connectivity index (χ1) is 18.8. The molecule has 0 aliphatic carbocycles. The van der Waals surface area contributed by atoms with E-state index in [-0.39, 0.29) is 29.7 Å². The molecule has 1 aromatic carbocycles. The van der Waals surface area contributed by atoms with Crippen molar-refractivity contribution < 1.29 is 28.1 Å². The van der Waals surface area contributed by atoms with Crippen LogP contribution in [0, 0.1) is 0 Å². The van der Waals surface area contributed by atoms with Gasteiger partial charge in [-0.25, -0.2) is 4.98 Å². The number of hydrogen-bond acceptors (Lipinski definition) is 7. The molecule has 213 valence electrons. The number of aromatic amines is 1. The van der Waals surface area contributed by atoms with Gasteiger partial charge >= 0.3 is 18.6 Å². The number of nitrogens with one attached hydrogen (secondary N) is 2. The number of carbonyl (C=O) groups excluding carboxylic acids is 1. The molecule has 0 saturated carbocycles. The number of H-pyrrole nitrogens is 1. The molecule has 0 spiro atoms. The van der Waals surface area contributed by atoms with Crippen LogP contribution in [0.5, 0.6) is 5.75 Å². The second kappa shape index (κ2) is 16.0. The fourth-order valence-electron chi connectivity index (χ4n) is 4.35. The minimum atomic E-state index is -0.692. The average Bonchev–Trinajstić information content (AvgIpc) is 3.24. The third-order valence-corrected chi connectivity index (χ3v) is 6.16. The zero-order valence-electron chi connectivity index (χ0n) is 23.5. The summed E-state index contributed by atoms with van der Waals surface area (Å²) in [7, 11) is 3.27. The normalized spacial score (nSPS) is 13.7. The molecule has 3 heterocycles. The Morgan fingerprint density at radius 1 is 1.27 bits per heavy atom. The number of ether oxygens (including phenoxy) is 1. The first kappa shape index (κ1) is 32.8. The molecule has 1 fully saturated rings. The van der Waals surface area contributed by atoms with Crippen molar-refractivity contribution in [2.45, 2.75) is 33.2 Å². The number of primary amides is 1. The Labute approximate surface area is 246 Å². The summed E-state index contributed by atoms with van der Waals surface area (Å²) < 4.78 is 7.49. The Kier molecular flexibility index (Phi) is 13.1. The summed E-state index contributed by atoms with van der Waals surface area (Å²) in [5.41, 5.74) is 8.63. The summed E-state index contributed by atoms with van der Waals surface area (Å²) in [4.78, 5) is 33.3. The van der Waals surface area contributed by atoms with Crippen LogP contribution >= 0.6 is 0 Å². The van der Waals surface area contributed by atoms with Crippen molar-refractivity contribution >= 4 is 23.2 Å². The molecule has 2 aromatic heterocycles. The monoisotopic (exact) mass is 586 g/mol. The topological polar surface area (TPSA) is 168 Å². The van der Waals surface area contributed by atoms with Gasteiger partial charge in [0.25, 0.3) is 5.56 Å². The van der Waals surface area contributed by atoms with Gasteiger partial charge in [-0.2, -0.15) is 17.5 Å². The van der Waals surface area contributed by atoms with E-state index in [1.165, 1.54) is 18.8 Å². The molecule has 4 N–H and O–H groups in total. The molecule has 0 unspecified atom stereocenters. The summed E-state index contributed by atoms with van der Waals surface area (Å²) in [6.45, 7) is 9.54. The largest absolute Gasteiger partial charge is 2.00 e. The zero-order valence-corrected chi connectivity index (χ0v) is 24.9. The molecule has 4 rings (SSSR count). The van der Waals surface area contributed by atoms with Crippen LogP contribution in [0.1, 0.15) is 31.5 Å². The Hall–Kier alpha value is -3.45. The fraction of sp³-hybridized carbons (Fsp3) is 0.444. The summed E-state index contributed by atoms with van der Waals surface area (Å²) in [5.74, 6) is 0.566. The van der Waals surface area contributed by atoms with Crippen LogP contribution in [0.3, 0.4) is 0 Å². The Morgan fingerprint density at radius 2 is 2.00 bits per heavy atom. The quantitative estimate of drug-likeness (QED) is 0.241. The Balaban J connectivity index is 0.000000486. The average molecular weight is 587 g/mol. The van der Waals surface area contributed by atoms with Crippen LogP contribution in [0.25, 0.3) is 33.1 Å². The molecule has 0 bridgehead atoms. The van der Waals surface area contributed by atoms with Crippen LogP contribution in [-0.4, -0.2) is 76.6 Å². The molecule has 1 aliphatic rings. The van der Waals surface area contributed by atoms with Crippen LogP contribution < -0.4 is 21.3 Å². The smallest absolute Gasteiger partial charge is 0.810 e. The molecule has 1 amide bonds. The third kappa shape index (κ3) is 8.28. The van der Waals surface area contributed by atoms with E-state index in [9.17, 15) is 9.59 Å². The molecule has 0 atom stereocenters. The number of aromatic nitrogens is 4. The van der Waals surface area contributed by atoms with Crippen LogP contribution in [-0.2, 0) is 43.4 Å². The first-order valence-corrected chi connectivity index (χ1v) is 13.0. The van der Waals surface area contributed by atoms with Crippen molar-refractivity contribution in [2.75, 3.05) is 39.8 Å². The van der Waals surface area contributed by atoms with Crippen molar-refractivity contribution in [3.05, 3.63) is 62.3 Å². The molecular weight excluding hydrogens is 549 g/mol. The zero-order chi connectivity index (χ0) is 28.4. The molecule has 1 saturated heterocycles. The number of benzene rings is 1. The summed E-state index contributed by atoms with van der Waals surface area (Å²) in [6.07, 6.45) is 3.53. The van der Waals surface area contributed by atoms with E-state index >= 15 is 0 Å². The van der Waals surface area contributed by atoms with E-state index in [1.807, 2.05) is 13.0 Å². The predicted octanol–water partition coefficient (Wildman–Crippen LogP) is 2.08. The predicted molar refractivity (Wildman–Crippen MR) is 154 cm³/mol. The fourth-order valence-corrected chi connectivity index (χ4v) is 4.35. The summed E-state index contributed by atoms with van der Waals surface area (Å²) >= 11 is 0. The standard InChI is InChI=1S/C22H30N6O2.C5H8N3O.V/c1-4-6-17-19-20(27(3)26-17)22(29)25-21(24-19)16-13-15(7-8-18(16)30-5-2)14-28-11-9-23-10-12-28;1-8-3-4(2-6)5(7)9;/h7-8,13,23H,4-6,9-12,14H2,1-3H3,(H,24,25,29);2-3H,1H3,(H3-,6,7,8,9);/q;-1;+2/p-1. The number of nitrogens with zero attached hydrogens (tertiary/aromatic N) is 6. The number of amides is 1. The summed E-state index contributed by atoms with van der Waals surface area (Å²) in [5, 5.41) is 19.7. The Morgan fingerprint density at radius 3 is 2.58 bits per heavy atom. The molecule has 13 heteroatoms. The van der Waals surface area contributed by atoms with Gasteiger partial charge in [-0.05, 0) is 36.6 Å². The SMILES string of the molecule is CCCc1nn(C)c2c(=O)[nH]c(-c3cc(CN4CCNCC4)ccc3OCC)nc12.C[N-]/C=C(\C=[N-])C(N)=O.[V+2].